The predicted octanol–water partition coefficient (Wildman–Crippen LogP) is 0.893. The molecule has 0 radical (unpaired) electrons. The largest absolute Gasteiger partial charge is 0.465 e. The van der Waals surface area contributed by atoms with Gasteiger partial charge in [0.15, 0.2) is 15.3 Å². The highest BCUT2D eigenvalue weighted by Gasteiger charge is 2.57. The number of carbonyl (C=O) groups excluding carboxylic acids is 2. The van der Waals surface area contributed by atoms with Gasteiger partial charge in [0.2, 0.25) is 0 Å². The molecule has 1 aliphatic rings. The Morgan fingerprint density at radius 3 is 2.05 bits per heavy atom. The molecule has 1 rings (SSSR count). The molecule has 1 fully saturated rings. The molecule has 0 saturated carbocycles. The van der Waals surface area contributed by atoms with Crippen LogP contribution < -0.4 is 0 Å². The Morgan fingerprint density at radius 2 is 1.71 bits per heavy atom. The van der Waals surface area contributed by atoms with Gasteiger partial charge in [-0.15, -0.1) is 0 Å². The SMILES string of the molecule is CCOC(=O)C(CCF)(C(=O)OCC)C1CCS(=O)(=O)C1. The van der Waals surface area contributed by atoms with Crippen LogP contribution in [0, 0.1) is 11.3 Å². The van der Waals surface area contributed by atoms with E-state index in [0.717, 1.165) is 0 Å². The molecule has 1 aliphatic heterocycles. The van der Waals surface area contributed by atoms with Gasteiger partial charge in [0, 0.05) is 12.3 Å². The van der Waals surface area contributed by atoms with Gasteiger partial charge in [-0.2, -0.15) is 0 Å². The van der Waals surface area contributed by atoms with Crippen molar-refractivity contribution in [3.8, 4) is 0 Å². The number of alkyl halides is 1. The van der Waals surface area contributed by atoms with Crippen molar-refractivity contribution in [2.45, 2.75) is 26.7 Å². The quantitative estimate of drug-likeness (QED) is 0.511. The maximum atomic E-state index is 13.0. The van der Waals surface area contributed by atoms with Crippen molar-refractivity contribution in [1.82, 2.24) is 0 Å². The fraction of sp³-hybridized carbons (Fsp3) is 0.846. The van der Waals surface area contributed by atoms with E-state index in [-0.39, 0.29) is 31.1 Å². The monoisotopic (exact) mass is 324 g/mol. The zero-order chi connectivity index (χ0) is 16.1. The summed E-state index contributed by atoms with van der Waals surface area (Å²) in [6, 6.07) is 0. The summed E-state index contributed by atoms with van der Waals surface area (Å²) in [5, 5.41) is 0. The number of hydrogen-bond acceptors (Lipinski definition) is 6. The molecule has 21 heavy (non-hydrogen) atoms. The van der Waals surface area contributed by atoms with Crippen LogP contribution in [0.5, 0.6) is 0 Å². The van der Waals surface area contributed by atoms with Crippen molar-refractivity contribution in [2.24, 2.45) is 11.3 Å². The summed E-state index contributed by atoms with van der Waals surface area (Å²) in [4.78, 5) is 24.6. The minimum Gasteiger partial charge on any atom is -0.465 e. The summed E-state index contributed by atoms with van der Waals surface area (Å²) in [6.45, 7) is 2.23. The fourth-order valence-electron chi connectivity index (χ4n) is 2.68. The normalized spacial score (nSPS) is 21.0. The van der Waals surface area contributed by atoms with Gasteiger partial charge in [0.1, 0.15) is 0 Å². The van der Waals surface area contributed by atoms with E-state index >= 15 is 0 Å². The zero-order valence-corrected chi connectivity index (χ0v) is 13.1. The molecular weight excluding hydrogens is 303 g/mol. The molecule has 0 aliphatic carbocycles. The summed E-state index contributed by atoms with van der Waals surface area (Å²) in [5.74, 6) is -3.06. The van der Waals surface area contributed by atoms with E-state index in [1.54, 1.807) is 13.8 Å². The smallest absolute Gasteiger partial charge is 0.323 e. The summed E-state index contributed by atoms with van der Waals surface area (Å²) in [6.07, 6.45) is -0.301. The molecule has 6 nitrogen and oxygen atoms in total. The van der Waals surface area contributed by atoms with Crippen LogP contribution in [0.4, 0.5) is 4.39 Å². The van der Waals surface area contributed by atoms with E-state index in [4.69, 9.17) is 9.47 Å². The van der Waals surface area contributed by atoms with Gasteiger partial charge in [-0.1, -0.05) is 0 Å². The van der Waals surface area contributed by atoms with Crippen molar-refractivity contribution in [3.05, 3.63) is 0 Å². The van der Waals surface area contributed by atoms with Crippen molar-refractivity contribution in [2.75, 3.05) is 31.4 Å². The lowest BCUT2D eigenvalue weighted by Crippen LogP contribution is -2.49. The molecule has 1 atom stereocenters. The lowest BCUT2D eigenvalue weighted by atomic mass is 9.72. The number of rotatable bonds is 7. The summed E-state index contributed by atoms with van der Waals surface area (Å²) in [7, 11) is -3.33. The molecule has 0 aromatic heterocycles. The Morgan fingerprint density at radius 1 is 1.19 bits per heavy atom. The highest BCUT2D eigenvalue weighted by Crippen LogP contribution is 2.41. The summed E-state index contributed by atoms with van der Waals surface area (Å²) < 4.78 is 46.1. The number of sulfone groups is 1. The molecule has 0 aromatic rings. The maximum absolute atomic E-state index is 13.0. The molecule has 8 heteroatoms. The zero-order valence-electron chi connectivity index (χ0n) is 12.3. The fourth-order valence-corrected chi connectivity index (χ4v) is 4.55. The Balaban J connectivity index is 3.23. The van der Waals surface area contributed by atoms with Gasteiger partial charge in [0.05, 0.1) is 31.4 Å². The van der Waals surface area contributed by atoms with E-state index in [1.165, 1.54) is 0 Å². The summed E-state index contributed by atoms with van der Waals surface area (Å²) >= 11 is 0. The molecule has 0 N–H and O–H groups in total. The third-order valence-electron chi connectivity index (χ3n) is 3.70. The lowest BCUT2D eigenvalue weighted by Gasteiger charge is -2.32. The molecule has 0 amide bonds. The van der Waals surface area contributed by atoms with Gasteiger partial charge in [-0.3, -0.25) is 14.0 Å². The average molecular weight is 324 g/mol. The van der Waals surface area contributed by atoms with Crippen LogP contribution in [-0.4, -0.2) is 51.8 Å². The van der Waals surface area contributed by atoms with Crippen LogP contribution in [0.1, 0.15) is 26.7 Å². The number of esters is 2. The van der Waals surface area contributed by atoms with Crippen LogP contribution in [0.15, 0.2) is 0 Å². The average Bonchev–Trinajstić information content (AvgIpc) is 2.77. The van der Waals surface area contributed by atoms with Crippen LogP contribution in [0.25, 0.3) is 0 Å². The van der Waals surface area contributed by atoms with E-state index in [0.29, 0.717) is 0 Å². The van der Waals surface area contributed by atoms with Gasteiger partial charge in [-0.25, -0.2) is 8.42 Å². The molecule has 1 unspecified atom stereocenters. The number of ether oxygens (including phenoxy) is 2. The third-order valence-corrected chi connectivity index (χ3v) is 5.47. The molecule has 0 spiro atoms. The Labute approximate surface area is 123 Å². The second kappa shape index (κ2) is 7.20. The standard InChI is InChI=1S/C13H21FO6S/c1-3-19-11(15)13(6-7-14,12(16)20-4-2)10-5-8-21(17,18)9-10/h10H,3-9H2,1-2H3. The van der Waals surface area contributed by atoms with E-state index in [9.17, 15) is 22.4 Å². The first-order valence-electron chi connectivity index (χ1n) is 6.94. The molecular formula is C13H21FO6S. The molecule has 0 aromatic carbocycles. The van der Waals surface area contributed by atoms with Crippen molar-refractivity contribution in [3.63, 3.8) is 0 Å². The first-order chi connectivity index (χ1) is 9.84. The highest BCUT2D eigenvalue weighted by molar-refractivity contribution is 7.91. The molecule has 1 saturated heterocycles. The highest BCUT2D eigenvalue weighted by atomic mass is 32.2. The lowest BCUT2D eigenvalue weighted by molar-refractivity contribution is -0.177. The second-order valence-corrected chi connectivity index (χ2v) is 7.18. The number of carbonyl (C=O) groups is 2. The van der Waals surface area contributed by atoms with Crippen LogP contribution >= 0.6 is 0 Å². The number of halogens is 1. The van der Waals surface area contributed by atoms with Crippen LogP contribution in [-0.2, 0) is 28.9 Å². The Kier molecular flexibility index (Phi) is 6.12. The van der Waals surface area contributed by atoms with E-state index in [2.05, 4.69) is 0 Å². The maximum Gasteiger partial charge on any atom is 0.323 e. The van der Waals surface area contributed by atoms with Gasteiger partial charge < -0.3 is 9.47 Å². The Bertz CT molecular complexity index is 469. The van der Waals surface area contributed by atoms with Crippen molar-refractivity contribution >= 4 is 21.8 Å². The first-order valence-corrected chi connectivity index (χ1v) is 8.77. The van der Waals surface area contributed by atoms with Crippen LogP contribution in [0.2, 0.25) is 0 Å². The third kappa shape index (κ3) is 3.72. The van der Waals surface area contributed by atoms with Gasteiger partial charge in [-0.05, 0) is 20.3 Å². The minimum absolute atomic E-state index is 0.0196. The van der Waals surface area contributed by atoms with Crippen molar-refractivity contribution < 1.29 is 31.9 Å². The molecule has 122 valence electrons. The van der Waals surface area contributed by atoms with Gasteiger partial charge >= 0.3 is 11.9 Å². The molecule has 1 heterocycles. The minimum atomic E-state index is -3.33. The summed E-state index contributed by atoms with van der Waals surface area (Å²) in [5.41, 5.74) is -1.87. The van der Waals surface area contributed by atoms with Crippen LogP contribution in [0.3, 0.4) is 0 Å². The Hall–Kier alpha value is -1.18. The van der Waals surface area contributed by atoms with E-state index < -0.39 is 46.2 Å². The molecule has 0 bridgehead atoms. The predicted molar refractivity (Wildman–Crippen MR) is 73.1 cm³/mol. The number of hydrogen-bond donors (Lipinski definition) is 0. The first kappa shape index (κ1) is 17.9. The second-order valence-electron chi connectivity index (χ2n) is 4.95. The van der Waals surface area contributed by atoms with Crippen molar-refractivity contribution in [1.29, 1.82) is 0 Å². The van der Waals surface area contributed by atoms with E-state index in [1.807, 2.05) is 0 Å². The topological polar surface area (TPSA) is 86.7 Å². The van der Waals surface area contributed by atoms with Gasteiger partial charge in [0.25, 0.3) is 0 Å².